The van der Waals surface area contributed by atoms with Gasteiger partial charge in [0, 0.05) is 11.6 Å². The van der Waals surface area contributed by atoms with Gasteiger partial charge in [0.25, 0.3) is 0 Å². The average molecular weight is 247 g/mol. The number of rotatable bonds is 4. The Balaban J connectivity index is 2.97. The summed E-state index contributed by atoms with van der Waals surface area (Å²) in [6.45, 7) is 3.46. The Morgan fingerprint density at radius 3 is 2.65 bits per heavy atom. The van der Waals surface area contributed by atoms with Gasteiger partial charge in [-0.2, -0.15) is 0 Å². The van der Waals surface area contributed by atoms with Gasteiger partial charge in [-0.3, -0.25) is 0 Å². The largest absolute Gasteiger partial charge is 0.573 e. The Kier molecular flexibility index (Phi) is 4.01. The van der Waals surface area contributed by atoms with Crippen LogP contribution in [0.25, 0.3) is 0 Å². The Bertz CT molecular complexity index is 404. The molecule has 17 heavy (non-hydrogen) atoms. The molecule has 0 spiro atoms. The van der Waals surface area contributed by atoms with Crippen LogP contribution in [0.5, 0.6) is 11.5 Å². The molecule has 3 N–H and O–H groups in total. The monoisotopic (exact) mass is 247 g/mol. The van der Waals surface area contributed by atoms with Crippen LogP contribution in [0.4, 0.5) is 13.2 Å². The van der Waals surface area contributed by atoms with E-state index in [0.29, 0.717) is 6.42 Å². The molecule has 1 aromatic carbocycles. The van der Waals surface area contributed by atoms with Gasteiger partial charge in [-0.1, -0.05) is 6.08 Å². The zero-order valence-electron chi connectivity index (χ0n) is 8.87. The van der Waals surface area contributed by atoms with Crippen LogP contribution in [0.1, 0.15) is 18.0 Å². The highest BCUT2D eigenvalue weighted by atomic mass is 19.4. The van der Waals surface area contributed by atoms with Crippen LogP contribution in [-0.2, 0) is 0 Å². The van der Waals surface area contributed by atoms with Crippen molar-refractivity contribution in [3.63, 3.8) is 0 Å². The number of phenols is 1. The lowest BCUT2D eigenvalue weighted by molar-refractivity contribution is -0.274. The summed E-state index contributed by atoms with van der Waals surface area (Å²) in [5.41, 5.74) is 5.86. The third-order valence-corrected chi connectivity index (χ3v) is 2.05. The van der Waals surface area contributed by atoms with E-state index < -0.39 is 18.2 Å². The first kappa shape index (κ1) is 13.4. The standard InChI is InChI=1S/C11H12F3NO2/c1-2-3-9(15)8-6-7(4-5-10(8)16)17-11(12,13)14/h2,4-6,9,16H,1,3,15H2/t9-/m1/s1. The quantitative estimate of drug-likeness (QED) is 0.804. The number of hydrogen-bond donors (Lipinski definition) is 2. The third-order valence-electron chi connectivity index (χ3n) is 2.05. The summed E-state index contributed by atoms with van der Waals surface area (Å²) >= 11 is 0. The highest BCUT2D eigenvalue weighted by Gasteiger charge is 2.31. The van der Waals surface area contributed by atoms with Crippen LogP contribution in [-0.4, -0.2) is 11.5 Å². The van der Waals surface area contributed by atoms with Crippen molar-refractivity contribution in [1.82, 2.24) is 0 Å². The van der Waals surface area contributed by atoms with E-state index in [1.54, 1.807) is 0 Å². The summed E-state index contributed by atoms with van der Waals surface area (Å²) in [4.78, 5) is 0. The molecule has 0 fully saturated rings. The van der Waals surface area contributed by atoms with Crippen molar-refractivity contribution in [3.05, 3.63) is 36.4 Å². The fourth-order valence-corrected chi connectivity index (χ4v) is 1.33. The zero-order chi connectivity index (χ0) is 13.1. The van der Waals surface area contributed by atoms with Crippen LogP contribution >= 0.6 is 0 Å². The smallest absolute Gasteiger partial charge is 0.508 e. The van der Waals surface area contributed by atoms with E-state index in [-0.39, 0.29) is 11.3 Å². The molecule has 0 saturated carbocycles. The first-order valence-electron chi connectivity index (χ1n) is 4.78. The summed E-state index contributed by atoms with van der Waals surface area (Å²) < 4.78 is 39.7. The highest BCUT2D eigenvalue weighted by Crippen LogP contribution is 2.31. The molecule has 0 aliphatic heterocycles. The van der Waals surface area contributed by atoms with Crippen molar-refractivity contribution in [2.75, 3.05) is 0 Å². The van der Waals surface area contributed by atoms with E-state index in [2.05, 4.69) is 11.3 Å². The number of alkyl halides is 3. The van der Waals surface area contributed by atoms with Crippen molar-refractivity contribution >= 4 is 0 Å². The van der Waals surface area contributed by atoms with Crippen LogP contribution < -0.4 is 10.5 Å². The molecule has 0 radical (unpaired) electrons. The fourth-order valence-electron chi connectivity index (χ4n) is 1.33. The van der Waals surface area contributed by atoms with Crippen molar-refractivity contribution in [3.8, 4) is 11.5 Å². The predicted octanol–water partition coefficient (Wildman–Crippen LogP) is 2.87. The second-order valence-electron chi connectivity index (χ2n) is 3.40. The average Bonchev–Trinajstić information content (AvgIpc) is 2.19. The fraction of sp³-hybridized carbons (Fsp3) is 0.273. The molecule has 0 aromatic heterocycles. The van der Waals surface area contributed by atoms with Gasteiger partial charge in [0.2, 0.25) is 0 Å². The lowest BCUT2D eigenvalue weighted by atomic mass is 10.0. The summed E-state index contributed by atoms with van der Waals surface area (Å²) in [7, 11) is 0. The van der Waals surface area contributed by atoms with Crippen molar-refractivity contribution in [1.29, 1.82) is 0 Å². The van der Waals surface area contributed by atoms with E-state index in [1.807, 2.05) is 0 Å². The highest BCUT2D eigenvalue weighted by molar-refractivity contribution is 5.41. The molecule has 0 heterocycles. The molecule has 0 aliphatic carbocycles. The SMILES string of the molecule is C=CC[C@@H](N)c1cc(OC(F)(F)F)ccc1O. The minimum Gasteiger partial charge on any atom is -0.508 e. The van der Waals surface area contributed by atoms with Gasteiger partial charge in [-0.15, -0.1) is 19.8 Å². The lowest BCUT2D eigenvalue weighted by Crippen LogP contribution is -2.17. The molecule has 1 rings (SSSR count). The van der Waals surface area contributed by atoms with E-state index in [1.165, 1.54) is 6.08 Å². The van der Waals surface area contributed by atoms with Gasteiger partial charge >= 0.3 is 6.36 Å². The normalized spacial score (nSPS) is 13.2. The number of nitrogens with two attached hydrogens (primary N) is 1. The molecule has 0 aliphatic rings. The van der Waals surface area contributed by atoms with Crippen molar-refractivity contribution in [2.45, 2.75) is 18.8 Å². The van der Waals surface area contributed by atoms with E-state index >= 15 is 0 Å². The van der Waals surface area contributed by atoms with Crippen LogP contribution in [0.3, 0.4) is 0 Å². The summed E-state index contributed by atoms with van der Waals surface area (Å²) in [6, 6.07) is 2.58. The van der Waals surface area contributed by atoms with E-state index in [9.17, 15) is 18.3 Å². The molecule has 0 saturated heterocycles. The molecule has 6 heteroatoms. The number of hydrogen-bond acceptors (Lipinski definition) is 3. The maximum atomic E-state index is 12.0. The minimum atomic E-state index is -4.77. The molecule has 3 nitrogen and oxygen atoms in total. The van der Waals surface area contributed by atoms with Crippen LogP contribution in [0.15, 0.2) is 30.9 Å². The molecule has 94 valence electrons. The molecular weight excluding hydrogens is 235 g/mol. The summed E-state index contributed by atoms with van der Waals surface area (Å²) in [5, 5.41) is 9.48. The molecule has 1 aromatic rings. The van der Waals surface area contributed by atoms with Gasteiger partial charge in [-0.05, 0) is 24.6 Å². The summed E-state index contributed by atoms with van der Waals surface area (Å²) in [5.74, 6) is -0.585. The second-order valence-corrected chi connectivity index (χ2v) is 3.40. The Hall–Kier alpha value is -1.69. The zero-order valence-corrected chi connectivity index (χ0v) is 8.87. The first-order chi connectivity index (χ1) is 7.83. The maximum Gasteiger partial charge on any atom is 0.573 e. The van der Waals surface area contributed by atoms with Crippen LogP contribution in [0.2, 0.25) is 0 Å². The topological polar surface area (TPSA) is 55.5 Å². The molecule has 0 unspecified atom stereocenters. The lowest BCUT2D eigenvalue weighted by Gasteiger charge is -2.14. The minimum absolute atomic E-state index is 0.172. The predicted molar refractivity (Wildman–Crippen MR) is 56.5 cm³/mol. The van der Waals surface area contributed by atoms with Gasteiger partial charge in [0.05, 0.1) is 0 Å². The Morgan fingerprint density at radius 1 is 1.47 bits per heavy atom. The van der Waals surface area contributed by atoms with Gasteiger partial charge in [0.1, 0.15) is 11.5 Å². The van der Waals surface area contributed by atoms with E-state index in [4.69, 9.17) is 5.73 Å². The number of benzene rings is 1. The molecule has 1 atom stereocenters. The summed E-state index contributed by atoms with van der Waals surface area (Å²) in [6.07, 6.45) is -2.92. The number of halogens is 3. The number of phenolic OH excluding ortho intramolecular Hbond substituents is 1. The number of ether oxygens (including phenoxy) is 1. The Labute approximate surface area is 96.3 Å². The number of aromatic hydroxyl groups is 1. The van der Waals surface area contributed by atoms with Crippen molar-refractivity contribution in [2.24, 2.45) is 5.73 Å². The first-order valence-corrected chi connectivity index (χ1v) is 4.78. The van der Waals surface area contributed by atoms with Crippen LogP contribution in [0, 0.1) is 0 Å². The van der Waals surface area contributed by atoms with Gasteiger partial charge in [0.15, 0.2) is 0 Å². The second kappa shape index (κ2) is 5.09. The van der Waals surface area contributed by atoms with Gasteiger partial charge < -0.3 is 15.6 Å². The maximum absolute atomic E-state index is 12.0. The van der Waals surface area contributed by atoms with E-state index in [0.717, 1.165) is 18.2 Å². The molecule has 0 amide bonds. The third kappa shape index (κ3) is 3.99. The van der Waals surface area contributed by atoms with Crippen molar-refractivity contribution < 1.29 is 23.0 Å². The molecule has 0 bridgehead atoms. The molecular formula is C11H12F3NO2. The van der Waals surface area contributed by atoms with Gasteiger partial charge in [-0.25, -0.2) is 0 Å². The Morgan fingerprint density at radius 2 is 2.12 bits per heavy atom.